The third-order valence-electron chi connectivity index (χ3n) is 2.96. The van der Waals surface area contributed by atoms with E-state index >= 15 is 0 Å². The first-order chi connectivity index (χ1) is 9.56. The first-order valence-electron chi connectivity index (χ1n) is 6.61. The Bertz CT molecular complexity index is 549. The van der Waals surface area contributed by atoms with Crippen LogP contribution in [0.2, 0.25) is 5.02 Å². The average Bonchev–Trinajstić information content (AvgIpc) is 2.92. The second-order valence-corrected chi connectivity index (χ2v) is 5.56. The molecule has 1 N–H and O–H groups in total. The summed E-state index contributed by atoms with van der Waals surface area (Å²) in [7, 11) is 0. The molecule has 106 valence electrons. The molecular weight excluding hydrogens is 274 g/mol. The molecule has 0 saturated heterocycles. The molecule has 4 nitrogen and oxygen atoms in total. The van der Waals surface area contributed by atoms with Crippen molar-refractivity contribution >= 4 is 23.3 Å². The van der Waals surface area contributed by atoms with Gasteiger partial charge in [0.2, 0.25) is 5.91 Å². The van der Waals surface area contributed by atoms with Crippen molar-refractivity contribution in [2.75, 3.05) is 5.32 Å². The molecule has 2 aromatic rings. The molecule has 2 heterocycles. The lowest BCUT2D eigenvalue weighted by molar-refractivity contribution is -0.119. The lowest BCUT2D eigenvalue weighted by Crippen LogP contribution is -2.26. The van der Waals surface area contributed by atoms with Crippen LogP contribution >= 0.6 is 11.6 Å². The van der Waals surface area contributed by atoms with Crippen LogP contribution < -0.4 is 5.32 Å². The number of hydrogen-bond donors (Lipinski definition) is 1. The molecule has 0 aliphatic carbocycles. The molecule has 5 heteroatoms. The zero-order valence-electron chi connectivity index (χ0n) is 11.6. The van der Waals surface area contributed by atoms with Gasteiger partial charge in [-0.1, -0.05) is 25.4 Å². The predicted molar refractivity (Wildman–Crippen MR) is 80.8 cm³/mol. The quantitative estimate of drug-likeness (QED) is 0.911. The van der Waals surface area contributed by atoms with E-state index in [9.17, 15) is 4.79 Å². The van der Waals surface area contributed by atoms with Gasteiger partial charge in [-0.3, -0.25) is 4.79 Å². The number of carbonyl (C=O) groups is 1. The molecule has 2 aromatic heterocycles. The van der Waals surface area contributed by atoms with Crippen molar-refractivity contribution in [1.29, 1.82) is 0 Å². The van der Waals surface area contributed by atoms with E-state index in [-0.39, 0.29) is 11.9 Å². The minimum Gasteiger partial charge on any atom is -0.342 e. The average molecular weight is 292 g/mol. The van der Waals surface area contributed by atoms with Crippen LogP contribution in [0.4, 0.5) is 5.82 Å². The maximum absolute atomic E-state index is 12.4. The molecule has 0 fully saturated rings. The van der Waals surface area contributed by atoms with Crippen LogP contribution in [-0.2, 0) is 4.79 Å². The van der Waals surface area contributed by atoms with Gasteiger partial charge in [0.15, 0.2) is 0 Å². The molecule has 20 heavy (non-hydrogen) atoms. The van der Waals surface area contributed by atoms with E-state index in [0.29, 0.717) is 16.8 Å². The van der Waals surface area contributed by atoms with Gasteiger partial charge in [0.05, 0.1) is 5.02 Å². The number of halogens is 1. The summed E-state index contributed by atoms with van der Waals surface area (Å²) < 4.78 is 1.92. The number of pyridine rings is 1. The summed E-state index contributed by atoms with van der Waals surface area (Å²) in [4.78, 5) is 16.5. The Hall–Kier alpha value is -1.81. The third-order valence-corrected chi connectivity index (χ3v) is 3.19. The van der Waals surface area contributed by atoms with Crippen LogP contribution in [0.1, 0.15) is 26.3 Å². The first-order valence-corrected chi connectivity index (χ1v) is 6.99. The molecule has 0 aliphatic heterocycles. The summed E-state index contributed by atoms with van der Waals surface area (Å²) in [6.45, 7) is 4.20. The Morgan fingerprint density at radius 1 is 1.35 bits per heavy atom. The fraction of sp³-hybridized carbons (Fsp3) is 0.333. The SMILES string of the molecule is CC(C)C[C@H](C(=O)Nc1ccc(Cl)cn1)n1cccc1. The standard InChI is InChI=1S/C15H18ClN3O/c1-11(2)9-13(19-7-3-4-8-19)15(20)18-14-6-5-12(16)10-17-14/h3-8,10-11,13H,9H2,1-2H3,(H,17,18,20)/t13-/m1/s1. The van der Waals surface area contributed by atoms with Crippen molar-refractivity contribution in [2.24, 2.45) is 5.92 Å². The van der Waals surface area contributed by atoms with E-state index in [1.807, 2.05) is 29.1 Å². The van der Waals surface area contributed by atoms with Gasteiger partial charge in [-0.25, -0.2) is 4.98 Å². The molecule has 0 aliphatic rings. The zero-order chi connectivity index (χ0) is 14.5. The minimum atomic E-state index is -0.234. The molecule has 0 radical (unpaired) electrons. The number of carbonyl (C=O) groups excluding carboxylic acids is 1. The molecular formula is C15H18ClN3O. The van der Waals surface area contributed by atoms with Crippen LogP contribution in [0, 0.1) is 5.92 Å². The molecule has 0 aromatic carbocycles. The Labute approximate surface area is 123 Å². The van der Waals surface area contributed by atoms with Gasteiger partial charge in [-0.05, 0) is 36.6 Å². The Kier molecular flexibility index (Phi) is 4.79. The Morgan fingerprint density at radius 3 is 2.60 bits per heavy atom. The summed E-state index contributed by atoms with van der Waals surface area (Å²) >= 11 is 5.78. The highest BCUT2D eigenvalue weighted by Crippen LogP contribution is 2.20. The molecule has 1 atom stereocenters. The number of nitrogens with zero attached hydrogens (tertiary/aromatic N) is 2. The van der Waals surface area contributed by atoms with Crippen LogP contribution in [0.15, 0.2) is 42.9 Å². The Balaban J connectivity index is 2.12. The largest absolute Gasteiger partial charge is 0.342 e. The van der Waals surface area contributed by atoms with E-state index in [0.717, 1.165) is 6.42 Å². The summed E-state index contributed by atoms with van der Waals surface area (Å²) in [5.74, 6) is 0.872. The lowest BCUT2D eigenvalue weighted by Gasteiger charge is -2.20. The highest BCUT2D eigenvalue weighted by atomic mass is 35.5. The van der Waals surface area contributed by atoms with Crippen molar-refractivity contribution in [3.8, 4) is 0 Å². The smallest absolute Gasteiger partial charge is 0.248 e. The normalized spacial score (nSPS) is 12.4. The molecule has 2 rings (SSSR count). The first kappa shape index (κ1) is 14.6. The summed E-state index contributed by atoms with van der Waals surface area (Å²) in [5, 5.41) is 3.38. The minimum absolute atomic E-state index is 0.0651. The fourth-order valence-electron chi connectivity index (χ4n) is 2.03. The van der Waals surface area contributed by atoms with Crippen LogP contribution in [0.5, 0.6) is 0 Å². The van der Waals surface area contributed by atoms with Crippen molar-refractivity contribution in [1.82, 2.24) is 9.55 Å². The van der Waals surface area contributed by atoms with E-state index in [4.69, 9.17) is 11.6 Å². The molecule has 1 amide bonds. The van der Waals surface area contributed by atoms with Crippen molar-refractivity contribution in [3.63, 3.8) is 0 Å². The second-order valence-electron chi connectivity index (χ2n) is 5.13. The van der Waals surface area contributed by atoms with E-state index in [1.165, 1.54) is 6.20 Å². The highest BCUT2D eigenvalue weighted by Gasteiger charge is 2.21. The van der Waals surface area contributed by atoms with Gasteiger partial charge in [-0.15, -0.1) is 0 Å². The predicted octanol–water partition coefficient (Wildman–Crippen LogP) is 3.76. The van der Waals surface area contributed by atoms with E-state index in [2.05, 4.69) is 24.1 Å². The van der Waals surface area contributed by atoms with Crippen molar-refractivity contribution in [3.05, 3.63) is 47.9 Å². The number of aromatic nitrogens is 2. The maximum atomic E-state index is 12.4. The summed E-state index contributed by atoms with van der Waals surface area (Å²) in [6.07, 6.45) is 6.10. The number of amides is 1. The van der Waals surface area contributed by atoms with Crippen LogP contribution in [0.3, 0.4) is 0 Å². The van der Waals surface area contributed by atoms with Gasteiger partial charge in [0, 0.05) is 18.6 Å². The third kappa shape index (κ3) is 3.84. The number of rotatable bonds is 5. The van der Waals surface area contributed by atoms with E-state index in [1.54, 1.807) is 12.1 Å². The number of hydrogen-bond acceptors (Lipinski definition) is 2. The number of nitrogens with one attached hydrogen (secondary N) is 1. The lowest BCUT2D eigenvalue weighted by atomic mass is 10.0. The maximum Gasteiger partial charge on any atom is 0.248 e. The topological polar surface area (TPSA) is 46.9 Å². The van der Waals surface area contributed by atoms with Gasteiger partial charge in [0.25, 0.3) is 0 Å². The van der Waals surface area contributed by atoms with Crippen LogP contribution in [-0.4, -0.2) is 15.5 Å². The van der Waals surface area contributed by atoms with Gasteiger partial charge in [-0.2, -0.15) is 0 Å². The molecule has 0 unspecified atom stereocenters. The van der Waals surface area contributed by atoms with Gasteiger partial charge in [0.1, 0.15) is 11.9 Å². The summed E-state index contributed by atoms with van der Waals surface area (Å²) in [5.41, 5.74) is 0. The zero-order valence-corrected chi connectivity index (χ0v) is 12.3. The molecule has 0 bridgehead atoms. The van der Waals surface area contributed by atoms with Gasteiger partial charge < -0.3 is 9.88 Å². The summed E-state index contributed by atoms with van der Waals surface area (Å²) in [6, 6.07) is 7.00. The van der Waals surface area contributed by atoms with Crippen molar-refractivity contribution in [2.45, 2.75) is 26.3 Å². The molecule has 0 spiro atoms. The molecule has 0 saturated carbocycles. The monoisotopic (exact) mass is 291 g/mol. The van der Waals surface area contributed by atoms with Crippen molar-refractivity contribution < 1.29 is 4.79 Å². The highest BCUT2D eigenvalue weighted by molar-refractivity contribution is 6.30. The van der Waals surface area contributed by atoms with E-state index < -0.39 is 0 Å². The second kappa shape index (κ2) is 6.57. The Morgan fingerprint density at radius 2 is 2.05 bits per heavy atom. The fourth-order valence-corrected chi connectivity index (χ4v) is 2.14. The van der Waals surface area contributed by atoms with Gasteiger partial charge >= 0.3 is 0 Å². The number of anilines is 1. The van der Waals surface area contributed by atoms with Crippen LogP contribution in [0.25, 0.3) is 0 Å².